The third-order valence-electron chi connectivity index (χ3n) is 7.42. The average molecular weight is 514 g/mol. The van der Waals surface area contributed by atoms with Gasteiger partial charge in [-0.05, 0) is 37.5 Å². The van der Waals surface area contributed by atoms with Crippen molar-refractivity contribution in [3.63, 3.8) is 0 Å². The van der Waals surface area contributed by atoms with E-state index in [1.54, 1.807) is 30.6 Å². The Balaban J connectivity index is 1.00. The molecule has 2 atom stereocenters. The minimum absolute atomic E-state index is 0.149. The Morgan fingerprint density at radius 2 is 1.97 bits per heavy atom. The standard InChI is InChI=1S/C23H23ClF3N3O5/c24-12-1-2-18-16(3-12)17(31)6-19(34-18)20(32)29-21-9-22(10-21,11-21)30-8-15(7-28-30)33-13-4-14(5-13)35-23(25,26)27/h1-3,7-8,13-14,17,19,31H,4-6,9-11H2,(H,29,32)/t13?,14?,17-,19-,21?,22?/m1/s1. The highest BCUT2D eigenvalue weighted by atomic mass is 35.5. The Morgan fingerprint density at radius 3 is 2.69 bits per heavy atom. The Hall–Kier alpha value is -2.50. The lowest BCUT2D eigenvalue weighted by Gasteiger charge is -2.70. The highest BCUT2D eigenvalue weighted by Gasteiger charge is 2.70. The largest absolute Gasteiger partial charge is 0.522 e. The Morgan fingerprint density at radius 1 is 1.23 bits per heavy atom. The van der Waals surface area contributed by atoms with Crippen molar-refractivity contribution in [2.24, 2.45) is 0 Å². The number of amides is 1. The van der Waals surface area contributed by atoms with Crippen LogP contribution < -0.4 is 14.8 Å². The van der Waals surface area contributed by atoms with Crippen molar-refractivity contribution < 1.29 is 37.3 Å². The van der Waals surface area contributed by atoms with Crippen LogP contribution in [0.15, 0.2) is 30.6 Å². The molecule has 0 spiro atoms. The number of aliphatic hydroxyl groups is 1. The maximum Gasteiger partial charge on any atom is 0.522 e. The van der Waals surface area contributed by atoms with Crippen molar-refractivity contribution in [2.75, 3.05) is 0 Å². The van der Waals surface area contributed by atoms with Crippen LogP contribution in [0.5, 0.6) is 11.5 Å². The van der Waals surface area contributed by atoms with E-state index in [1.165, 1.54) is 0 Å². The van der Waals surface area contributed by atoms with Crippen molar-refractivity contribution in [3.8, 4) is 11.5 Å². The number of hydrogen-bond acceptors (Lipinski definition) is 6. The van der Waals surface area contributed by atoms with Gasteiger partial charge in [0.05, 0.1) is 30.1 Å². The Kier molecular flexibility index (Phi) is 5.08. The summed E-state index contributed by atoms with van der Waals surface area (Å²) in [7, 11) is 0. The van der Waals surface area contributed by atoms with Crippen LogP contribution in [0.2, 0.25) is 5.02 Å². The topological polar surface area (TPSA) is 94.8 Å². The lowest BCUT2D eigenvalue weighted by molar-refractivity contribution is -0.355. The van der Waals surface area contributed by atoms with E-state index < -0.39 is 24.7 Å². The molecule has 4 aliphatic carbocycles. The van der Waals surface area contributed by atoms with Gasteiger partial charge in [0, 0.05) is 35.4 Å². The number of aliphatic hydroxyl groups excluding tert-OH is 1. The molecule has 8 nitrogen and oxygen atoms in total. The van der Waals surface area contributed by atoms with Gasteiger partial charge in [0.1, 0.15) is 11.9 Å². The van der Waals surface area contributed by atoms with Gasteiger partial charge in [0.15, 0.2) is 11.9 Å². The molecule has 2 bridgehead atoms. The summed E-state index contributed by atoms with van der Waals surface area (Å²) in [6.07, 6.45) is -1.49. The van der Waals surface area contributed by atoms with E-state index in [4.69, 9.17) is 21.1 Å². The van der Waals surface area contributed by atoms with Gasteiger partial charge in [-0.25, -0.2) is 0 Å². The van der Waals surface area contributed by atoms with Crippen molar-refractivity contribution in [2.45, 2.75) is 80.4 Å². The molecule has 35 heavy (non-hydrogen) atoms. The fourth-order valence-corrected chi connectivity index (χ4v) is 5.93. The van der Waals surface area contributed by atoms with Crippen LogP contribution in [0.1, 0.15) is 50.2 Å². The van der Waals surface area contributed by atoms with Crippen LogP contribution in [-0.2, 0) is 15.1 Å². The van der Waals surface area contributed by atoms with Gasteiger partial charge in [-0.15, -0.1) is 13.2 Å². The van der Waals surface area contributed by atoms with Crippen molar-refractivity contribution in [1.82, 2.24) is 15.1 Å². The molecule has 0 unspecified atom stereocenters. The molecule has 188 valence electrons. The fraction of sp³-hybridized carbons (Fsp3) is 0.565. The zero-order valence-corrected chi connectivity index (χ0v) is 19.2. The molecule has 7 rings (SSSR count). The first-order valence-electron chi connectivity index (χ1n) is 11.4. The summed E-state index contributed by atoms with van der Waals surface area (Å²) >= 11 is 5.98. The van der Waals surface area contributed by atoms with Crippen LogP contribution >= 0.6 is 11.6 Å². The van der Waals surface area contributed by atoms with E-state index in [9.17, 15) is 23.1 Å². The molecule has 4 fully saturated rings. The van der Waals surface area contributed by atoms with E-state index in [1.807, 2.05) is 4.68 Å². The van der Waals surface area contributed by atoms with Crippen LogP contribution in [0.25, 0.3) is 0 Å². The number of carbonyl (C=O) groups excluding carboxylic acids is 1. The highest BCUT2D eigenvalue weighted by molar-refractivity contribution is 6.30. The van der Waals surface area contributed by atoms with Crippen LogP contribution in [-0.4, -0.2) is 51.0 Å². The average Bonchev–Trinajstić information content (AvgIpc) is 3.15. The molecule has 1 amide bonds. The summed E-state index contributed by atoms with van der Waals surface area (Å²) < 4.78 is 54.1. The molecule has 1 aromatic carbocycles. The second-order valence-corrected chi connectivity index (χ2v) is 10.5. The lowest BCUT2D eigenvalue weighted by Crippen LogP contribution is -2.79. The highest BCUT2D eigenvalue weighted by Crippen LogP contribution is 2.65. The summed E-state index contributed by atoms with van der Waals surface area (Å²) in [5.74, 6) is 0.698. The van der Waals surface area contributed by atoms with E-state index in [0.717, 1.165) is 0 Å². The monoisotopic (exact) mass is 513 g/mol. The van der Waals surface area contributed by atoms with Gasteiger partial charge in [-0.1, -0.05) is 11.6 Å². The van der Waals surface area contributed by atoms with Crippen LogP contribution in [0, 0.1) is 0 Å². The smallest absolute Gasteiger partial charge is 0.487 e. The lowest BCUT2D eigenvalue weighted by atomic mass is 9.44. The van der Waals surface area contributed by atoms with E-state index in [0.29, 0.717) is 41.3 Å². The minimum atomic E-state index is -4.63. The third kappa shape index (κ3) is 4.13. The summed E-state index contributed by atoms with van der Waals surface area (Å²) in [4.78, 5) is 12.9. The molecule has 0 saturated heterocycles. The number of nitrogens with zero attached hydrogens (tertiary/aromatic N) is 2. The number of halogens is 4. The molecule has 2 N–H and O–H groups in total. The summed E-state index contributed by atoms with van der Waals surface area (Å²) in [6, 6.07) is 4.95. The minimum Gasteiger partial charge on any atom is -0.487 e. The molecule has 1 aromatic heterocycles. The van der Waals surface area contributed by atoms with Gasteiger partial charge in [0.2, 0.25) is 0 Å². The van der Waals surface area contributed by atoms with Crippen LogP contribution in [0.4, 0.5) is 13.2 Å². The quantitative estimate of drug-likeness (QED) is 0.613. The molecule has 2 aromatic rings. The summed E-state index contributed by atoms with van der Waals surface area (Å²) in [6.45, 7) is 0. The zero-order chi connectivity index (χ0) is 24.6. The summed E-state index contributed by atoms with van der Waals surface area (Å²) in [5, 5.41) is 18.4. The third-order valence-corrected chi connectivity index (χ3v) is 7.66. The molecule has 4 saturated carbocycles. The predicted octanol–water partition coefficient (Wildman–Crippen LogP) is 3.62. The van der Waals surface area contributed by atoms with Gasteiger partial charge in [-0.2, -0.15) is 5.10 Å². The van der Waals surface area contributed by atoms with Crippen molar-refractivity contribution >= 4 is 17.5 Å². The number of alkyl halides is 3. The first kappa shape index (κ1) is 22.9. The number of nitrogens with one attached hydrogen (secondary N) is 1. The first-order chi connectivity index (χ1) is 16.5. The number of hydrogen-bond donors (Lipinski definition) is 2. The predicted molar refractivity (Wildman–Crippen MR) is 115 cm³/mol. The molecular formula is C23H23ClF3N3O5. The normalized spacial score (nSPS) is 35.0. The fourth-order valence-electron chi connectivity index (χ4n) is 5.75. The van der Waals surface area contributed by atoms with Gasteiger partial charge >= 0.3 is 6.36 Å². The van der Waals surface area contributed by atoms with Crippen LogP contribution in [0.3, 0.4) is 0 Å². The van der Waals surface area contributed by atoms with E-state index >= 15 is 0 Å². The number of ether oxygens (including phenoxy) is 3. The molecule has 5 aliphatic rings. The number of carbonyl (C=O) groups is 1. The second kappa shape index (κ2) is 7.75. The molecule has 2 heterocycles. The second-order valence-electron chi connectivity index (χ2n) is 10.1. The van der Waals surface area contributed by atoms with Gasteiger partial charge < -0.3 is 19.9 Å². The number of aromatic nitrogens is 2. The van der Waals surface area contributed by atoms with Gasteiger partial charge in [-0.3, -0.25) is 14.2 Å². The Bertz CT molecular complexity index is 1150. The van der Waals surface area contributed by atoms with E-state index in [-0.39, 0.29) is 42.4 Å². The van der Waals surface area contributed by atoms with Crippen molar-refractivity contribution in [3.05, 3.63) is 41.2 Å². The SMILES string of the molecule is O=C(NC12CC(n3cc(OC4CC(OC(F)(F)F)C4)cn3)(C1)C2)[C@H]1C[C@@H](O)c2cc(Cl)ccc2O1. The van der Waals surface area contributed by atoms with Crippen molar-refractivity contribution in [1.29, 1.82) is 0 Å². The number of fused-ring (bicyclic) bond motifs is 1. The number of rotatable bonds is 6. The maximum absolute atomic E-state index is 12.9. The molecule has 0 radical (unpaired) electrons. The van der Waals surface area contributed by atoms with Gasteiger partial charge in [0.25, 0.3) is 5.91 Å². The molecule has 12 heteroatoms. The molecule has 1 aliphatic heterocycles. The first-order valence-corrected chi connectivity index (χ1v) is 11.8. The maximum atomic E-state index is 12.9. The number of benzene rings is 1. The zero-order valence-electron chi connectivity index (χ0n) is 18.4. The Labute approximate surface area is 203 Å². The molecular weight excluding hydrogens is 491 g/mol. The summed E-state index contributed by atoms with van der Waals surface area (Å²) in [5.41, 5.74) is 0.0506. The van der Waals surface area contributed by atoms with E-state index in [2.05, 4.69) is 15.2 Å².